The maximum atomic E-state index is 9.44. The van der Waals surface area contributed by atoms with E-state index in [9.17, 15) is 5.26 Å². The van der Waals surface area contributed by atoms with Crippen molar-refractivity contribution in [3.8, 4) is 6.07 Å². The molecule has 1 heterocycles. The molecular weight excluding hydrogens is 222 g/mol. The Balaban J connectivity index is 2.06. The molecule has 3 nitrogen and oxygen atoms in total. The van der Waals surface area contributed by atoms with Crippen LogP contribution in [0.25, 0.3) is 0 Å². The smallest absolute Gasteiger partial charge is 0.108 e. The van der Waals surface area contributed by atoms with Crippen LogP contribution in [0.3, 0.4) is 0 Å². The largest absolute Gasteiger partial charge is 0.302 e. The summed E-state index contributed by atoms with van der Waals surface area (Å²) in [7, 11) is 1.94. The molecule has 4 unspecified atom stereocenters. The SMILES string of the molecule is CNC1(C#N)CCCC(N2CC(C)CCC2C)C1. The molecule has 0 amide bonds. The molecule has 1 saturated carbocycles. The third kappa shape index (κ3) is 2.70. The zero-order chi connectivity index (χ0) is 13.2. The summed E-state index contributed by atoms with van der Waals surface area (Å²) in [6, 6.07) is 3.82. The summed E-state index contributed by atoms with van der Waals surface area (Å²) in [5, 5.41) is 12.7. The third-order valence-corrected chi connectivity index (χ3v) is 5.05. The van der Waals surface area contributed by atoms with Gasteiger partial charge in [-0.2, -0.15) is 5.26 Å². The predicted molar refractivity (Wildman–Crippen MR) is 74.2 cm³/mol. The minimum atomic E-state index is -0.274. The summed E-state index contributed by atoms with van der Waals surface area (Å²) in [6.45, 7) is 5.93. The molecule has 2 fully saturated rings. The van der Waals surface area contributed by atoms with Crippen LogP contribution in [0.4, 0.5) is 0 Å². The van der Waals surface area contributed by atoms with Crippen LogP contribution >= 0.6 is 0 Å². The Labute approximate surface area is 112 Å². The minimum absolute atomic E-state index is 0.274. The van der Waals surface area contributed by atoms with Gasteiger partial charge in [-0.1, -0.05) is 6.92 Å². The summed E-state index contributed by atoms with van der Waals surface area (Å²) in [5.41, 5.74) is -0.274. The lowest BCUT2D eigenvalue weighted by atomic mass is 9.78. The molecule has 0 bridgehead atoms. The van der Waals surface area contributed by atoms with Crippen molar-refractivity contribution in [1.29, 1.82) is 5.26 Å². The Morgan fingerprint density at radius 3 is 2.72 bits per heavy atom. The van der Waals surface area contributed by atoms with E-state index in [-0.39, 0.29) is 5.54 Å². The van der Waals surface area contributed by atoms with E-state index in [4.69, 9.17) is 0 Å². The highest BCUT2D eigenvalue weighted by Crippen LogP contribution is 2.34. The Morgan fingerprint density at radius 1 is 1.28 bits per heavy atom. The lowest BCUT2D eigenvalue weighted by Crippen LogP contribution is -2.55. The van der Waals surface area contributed by atoms with Crippen molar-refractivity contribution in [3.05, 3.63) is 0 Å². The van der Waals surface area contributed by atoms with Crippen LogP contribution in [0, 0.1) is 17.2 Å². The molecule has 0 aromatic rings. The zero-order valence-corrected chi connectivity index (χ0v) is 12.1. The monoisotopic (exact) mass is 249 g/mol. The first kappa shape index (κ1) is 13.8. The molecule has 1 saturated heterocycles. The number of nitrogens with zero attached hydrogens (tertiary/aromatic N) is 2. The van der Waals surface area contributed by atoms with Crippen molar-refractivity contribution in [2.75, 3.05) is 13.6 Å². The first-order chi connectivity index (χ1) is 8.60. The number of hydrogen-bond acceptors (Lipinski definition) is 3. The van der Waals surface area contributed by atoms with Gasteiger partial charge in [-0.05, 0) is 58.4 Å². The van der Waals surface area contributed by atoms with Crippen LogP contribution in [0.5, 0.6) is 0 Å². The Kier molecular flexibility index (Phi) is 4.29. The molecule has 102 valence electrons. The molecule has 0 spiro atoms. The number of nitrogens with one attached hydrogen (secondary N) is 1. The number of rotatable bonds is 2. The molecule has 18 heavy (non-hydrogen) atoms. The normalized spacial score (nSPS) is 42.4. The van der Waals surface area contributed by atoms with Crippen molar-refractivity contribution in [2.45, 2.75) is 70.0 Å². The molecular formula is C15H27N3. The van der Waals surface area contributed by atoms with Gasteiger partial charge in [-0.25, -0.2) is 0 Å². The highest BCUT2D eigenvalue weighted by Gasteiger charge is 2.39. The number of piperidine rings is 1. The molecule has 2 aliphatic rings. The van der Waals surface area contributed by atoms with Gasteiger partial charge in [0.1, 0.15) is 5.54 Å². The molecule has 1 N–H and O–H groups in total. The lowest BCUT2D eigenvalue weighted by Gasteiger charge is -2.46. The van der Waals surface area contributed by atoms with Crippen molar-refractivity contribution < 1.29 is 0 Å². The van der Waals surface area contributed by atoms with E-state index in [1.165, 1.54) is 32.2 Å². The fourth-order valence-corrected chi connectivity index (χ4v) is 3.75. The number of hydrogen-bond donors (Lipinski definition) is 1. The van der Waals surface area contributed by atoms with Gasteiger partial charge in [0.2, 0.25) is 0 Å². The number of nitriles is 1. The molecule has 2 rings (SSSR count). The maximum Gasteiger partial charge on any atom is 0.108 e. The highest BCUT2D eigenvalue weighted by atomic mass is 15.2. The quantitative estimate of drug-likeness (QED) is 0.817. The van der Waals surface area contributed by atoms with Crippen molar-refractivity contribution in [1.82, 2.24) is 10.2 Å². The second-order valence-electron chi connectivity index (χ2n) is 6.42. The van der Waals surface area contributed by atoms with Crippen LogP contribution < -0.4 is 5.32 Å². The van der Waals surface area contributed by atoms with E-state index in [2.05, 4.69) is 30.1 Å². The zero-order valence-electron chi connectivity index (χ0n) is 12.1. The van der Waals surface area contributed by atoms with E-state index in [1.807, 2.05) is 7.05 Å². The summed E-state index contributed by atoms with van der Waals surface area (Å²) < 4.78 is 0. The lowest BCUT2D eigenvalue weighted by molar-refractivity contribution is 0.0428. The second-order valence-corrected chi connectivity index (χ2v) is 6.42. The van der Waals surface area contributed by atoms with E-state index in [1.54, 1.807) is 0 Å². The van der Waals surface area contributed by atoms with Crippen LogP contribution in [-0.2, 0) is 0 Å². The first-order valence-corrected chi connectivity index (χ1v) is 7.46. The molecule has 0 aromatic carbocycles. The fourth-order valence-electron chi connectivity index (χ4n) is 3.75. The van der Waals surface area contributed by atoms with Gasteiger partial charge >= 0.3 is 0 Å². The number of likely N-dealkylation sites (tertiary alicyclic amines) is 1. The third-order valence-electron chi connectivity index (χ3n) is 5.05. The highest BCUT2D eigenvalue weighted by molar-refractivity contribution is 5.11. The Hall–Kier alpha value is -0.590. The minimum Gasteiger partial charge on any atom is -0.302 e. The van der Waals surface area contributed by atoms with Gasteiger partial charge in [0, 0.05) is 18.6 Å². The predicted octanol–water partition coefficient (Wildman–Crippen LogP) is 2.53. The summed E-state index contributed by atoms with van der Waals surface area (Å²) in [6.07, 6.45) is 7.13. The topological polar surface area (TPSA) is 39.1 Å². The van der Waals surface area contributed by atoms with Gasteiger partial charge in [0.05, 0.1) is 6.07 Å². The van der Waals surface area contributed by atoms with Crippen LogP contribution in [-0.4, -0.2) is 36.1 Å². The van der Waals surface area contributed by atoms with E-state index >= 15 is 0 Å². The average Bonchev–Trinajstić information content (AvgIpc) is 2.41. The van der Waals surface area contributed by atoms with Crippen LogP contribution in [0.1, 0.15) is 52.4 Å². The first-order valence-electron chi connectivity index (χ1n) is 7.46. The Morgan fingerprint density at radius 2 is 2.06 bits per heavy atom. The molecule has 0 radical (unpaired) electrons. The second kappa shape index (κ2) is 5.59. The van der Waals surface area contributed by atoms with Crippen molar-refractivity contribution in [3.63, 3.8) is 0 Å². The van der Waals surface area contributed by atoms with Crippen LogP contribution in [0.2, 0.25) is 0 Å². The Bertz CT molecular complexity index is 322. The van der Waals surface area contributed by atoms with E-state index in [0.717, 1.165) is 18.8 Å². The molecule has 4 atom stereocenters. The van der Waals surface area contributed by atoms with Crippen molar-refractivity contribution >= 4 is 0 Å². The average molecular weight is 249 g/mol. The standard InChI is InChI=1S/C15H27N3/c1-12-6-7-13(2)18(10-12)14-5-4-8-15(9-14,11-16)17-3/h12-14,17H,4-10H2,1-3H3. The molecule has 1 aliphatic carbocycles. The molecule has 3 heteroatoms. The van der Waals surface area contributed by atoms with Crippen molar-refractivity contribution in [2.24, 2.45) is 5.92 Å². The fraction of sp³-hybridized carbons (Fsp3) is 0.933. The van der Waals surface area contributed by atoms with Gasteiger partial charge in [0.15, 0.2) is 0 Å². The van der Waals surface area contributed by atoms with Gasteiger partial charge in [-0.3, -0.25) is 4.90 Å². The van der Waals surface area contributed by atoms with E-state index < -0.39 is 0 Å². The van der Waals surface area contributed by atoms with Crippen LogP contribution in [0.15, 0.2) is 0 Å². The summed E-state index contributed by atoms with van der Waals surface area (Å²) in [5.74, 6) is 0.814. The van der Waals surface area contributed by atoms with E-state index in [0.29, 0.717) is 12.1 Å². The maximum absolute atomic E-state index is 9.44. The molecule has 0 aromatic heterocycles. The van der Waals surface area contributed by atoms with Gasteiger partial charge in [-0.15, -0.1) is 0 Å². The summed E-state index contributed by atoms with van der Waals surface area (Å²) >= 11 is 0. The van der Waals surface area contributed by atoms with Gasteiger partial charge < -0.3 is 5.32 Å². The van der Waals surface area contributed by atoms with Gasteiger partial charge in [0.25, 0.3) is 0 Å². The summed E-state index contributed by atoms with van der Waals surface area (Å²) in [4.78, 5) is 2.68. The molecule has 1 aliphatic heterocycles.